The van der Waals surface area contributed by atoms with Crippen molar-refractivity contribution >= 4 is 28.2 Å². The molecule has 0 saturated carbocycles. The van der Waals surface area contributed by atoms with Gasteiger partial charge >= 0.3 is 0 Å². The second-order valence-electron chi connectivity index (χ2n) is 3.37. The van der Waals surface area contributed by atoms with Crippen LogP contribution >= 0.6 is 11.6 Å². The third-order valence-corrected chi connectivity index (χ3v) is 2.66. The number of non-ortho nitro benzene ring substituents is 1. The molecule has 5 nitrogen and oxygen atoms in total. The molecule has 0 atom stereocenters. The molecule has 0 spiro atoms. The molecule has 0 radical (unpaired) electrons. The zero-order valence-electron chi connectivity index (χ0n) is 8.28. The average molecular weight is 239 g/mol. The van der Waals surface area contributed by atoms with Gasteiger partial charge in [-0.15, -0.1) is 0 Å². The predicted molar refractivity (Wildman–Crippen MR) is 61.0 cm³/mol. The van der Waals surface area contributed by atoms with E-state index in [1.54, 1.807) is 6.92 Å². The summed E-state index contributed by atoms with van der Waals surface area (Å²) in [5.41, 5.74) is 0.182. The maximum atomic E-state index is 11.8. The topological polar surface area (TPSA) is 76.0 Å². The number of nitrogens with one attached hydrogen (secondary N) is 1. The number of H-pyrrole nitrogens is 1. The highest BCUT2D eigenvalue weighted by molar-refractivity contribution is 6.35. The van der Waals surface area contributed by atoms with Crippen LogP contribution in [0.15, 0.2) is 23.1 Å². The van der Waals surface area contributed by atoms with Crippen LogP contribution in [0, 0.1) is 17.0 Å². The minimum Gasteiger partial charge on any atom is -0.355 e. The van der Waals surface area contributed by atoms with Gasteiger partial charge in [0.25, 0.3) is 5.69 Å². The third kappa shape index (κ3) is 1.45. The van der Waals surface area contributed by atoms with Gasteiger partial charge in [0.15, 0.2) is 5.43 Å². The number of hydrogen-bond acceptors (Lipinski definition) is 3. The van der Waals surface area contributed by atoms with Gasteiger partial charge in [-0.25, -0.2) is 0 Å². The van der Waals surface area contributed by atoms with Crippen molar-refractivity contribution in [1.29, 1.82) is 0 Å². The molecule has 2 rings (SSSR count). The molecule has 0 unspecified atom stereocenters. The van der Waals surface area contributed by atoms with Crippen molar-refractivity contribution in [2.45, 2.75) is 6.92 Å². The lowest BCUT2D eigenvalue weighted by Crippen LogP contribution is -2.08. The second kappa shape index (κ2) is 3.61. The summed E-state index contributed by atoms with van der Waals surface area (Å²) in [6.07, 6.45) is 1.44. The average Bonchev–Trinajstić information content (AvgIpc) is 2.23. The number of nitro groups is 1. The highest BCUT2D eigenvalue weighted by Crippen LogP contribution is 2.27. The Morgan fingerprint density at radius 1 is 1.44 bits per heavy atom. The summed E-state index contributed by atoms with van der Waals surface area (Å²) in [6.45, 7) is 1.62. The Hall–Kier alpha value is -1.88. The molecule has 1 N–H and O–H groups in total. The molecule has 6 heteroatoms. The van der Waals surface area contributed by atoms with E-state index < -0.39 is 4.92 Å². The Bertz CT molecular complexity index is 648. The molecule has 2 aromatic rings. The molecule has 0 aliphatic heterocycles. The maximum absolute atomic E-state index is 11.8. The molecule has 16 heavy (non-hydrogen) atoms. The van der Waals surface area contributed by atoms with Crippen molar-refractivity contribution in [2.24, 2.45) is 0 Å². The molecule has 0 bridgehead atoms. The van der Waals surface area contributed by atoms with Crippen molar-refractivity contribution < 1.29 is 4.92 Å². The lowest BCUT2D eigenvalue weighted by Gasteiger charge is -2.02. The van der Waals surface area contributed by atoms with Crippen molar-refractivity contribution in [2.75, 3.05) is 0 Å². The highest BCUT2D eigenvalue weighted by Gasteiger charge is 2.16. The molecule has 1 aromatic carbocycles. The van der Waals surface area contributed by atoms with Gasteiger partial charge in [-0.2, -0.15) is 0 Å². The van der Waals surface area contributed by atoms with Gasteiger partial charge in [-0.1, -0.05) is 11.6 Å². The van der Waals surface area contributed by atoms with Crippen LogP contribution in [0.25, 0.3) is 10.9 Å². The van der Waals surface area contributed by atoms with Crippen molar-refractivity contribution in [3.63, 3.8) is 0 Å². The smallest absolute Gasteiger partial charge is 0.293 e. The van der Waals surface area contributed by atoms with Crippen LogP contribution in [-0.4, -0.2) is 9.91 Å². The molecule has 0 amide bonds. The monoisotopic (exact) mass is 238 g/mol. The summed E-state index contributed by atoms with van der Waals surface area (Å²) in [4.78, 5) is 24.7. The first kappa shape index (κ1) is 10.6. The number of fused-ring (bicyclic) bond motifs is 1. The van der Waals surface area contributed by atoms with E-state index in [2.05, 4.69) is 4.98 Å². The van der Waals surface area contributed by atoms with Gasteiger partial charge in [0.05, 0.1) is 15.3 Å². The number of rotatable bonds is 1. The van der Waals surface area contributed by atoms with E-state index >= 15 is 0 Å². The fourth-order valence-corrected chi connectivity index (χ4v) is 1.77. The van der Waals surface area contributed by atoms with E-state index in [0.717, 1.165) is 0 Å². The fraction of sp³-hybridized carbons (Fsp3) is 0.100. The first-order valence-corrected chi connectivity index (χ1v) is 4.85. The predicted octanol–water partition coefficient (Wildman–Crippen LogP) is 2.40. The van der Waals surface area contributed by atoms with Crippen LogP contribution in [-0.2, 0) is 0 Å². The first-order chi connectivity index (χ1) is 7.52. The molecule has 1 aromatic heterocycles. The Kier molecular flexibility index (Phi) is 2.40. The number of aromatic nitrogens is 1. The van der Waals surface area contributed by atoms with Crippen LogP contribution in [0.5, 0.6) is 0 Å². The Morgan fingerprint density at radius 2 is 2.12 bits per heavy atom. The van der Waals surface area contributed by atoms with E-state index in [1.807, 2.05) is 0 Å². The molecular formula is C10H7ClN2O3. The molecule has 0 aliphatic carbocycles. The standard InChI is InChI=1S/C10H7ClN2O3/c1-5-4-12-9-7(13(15)16)3-2-6(11)8(9)10(5)14/h2-4H,1H3,(H,12,14). The molecule has 0 aliphatic rings. The Balaban J connectivity index is 3.03. The van der Waals surface area contributed by atoms with E-state index in [0.29, 0.717) is 5.56 Å². The number of hydrogen-bond donors (Lipinski definition) is 1. The molecule has 82 valence electrons. The van der Waals surface area contributed by atoms with Crippen molar-refractivity contribution in [1.82, 2.24) is 4.98 Å². The lowest BCUT2D eigenvalue weighted by atomic mass is 10.1. The van der Waals surface area contributed by atoms with Crippen LogP contribution in [0.2, 0.25) is 5.02 Å². The molecule has 0 saturated heterocycles. The number of nitrogens with zero attached hydrogens (tertiary/aromatic N) is 1. The van der Waals surface area contributed by atoms with E-state index in [-0.39, 0.29) is 27.0 Å². The summed E-state index contributed by atoms with van der Waals surface area (Å²) in [6, 6.07) is 2.63. The number of aryl methyl sites for hydroxylation is 1. The largest absolute Gasteiger partial charge is 0.355 e. The summed E-state index contributed by atoms with van der Waals surface area (Å²) in [5, 5.41) is 11.1. The van der Waals surface area contributed by atoms with Crippen molar-refractivity contribution in [3.05, 3.63) is 49.3 Å². The van der Waals surface area contributed by atoms with Crippen LogP contribution < -0.4 is 5.43 Å². The minimum atomic E-state index is -0.552. The SMILES string of the molecule is Cc1c[nH]c2c([N+](=O)[O-])ccc(Cl)c2c1=O. The highest BCUT2D eigenvalue weighted by atomic mass is 35.5. The second-order valence-corrected chi connectivity index (χ2v) is 3.78. The van der Waals surface area contributed by atoms with E-state index in [4.69, 9.17) is 11.6 Å². The minimum absolute atomic E-state index is 0.156. The van der Waals surface area contributed by atoms with Gasteiger partial charge in [-0.05, 0) is 13.0 Å². The van der Waals surface area contributed by atoms with Crippen LogP contribution in [0.4, 0.5) is 5.69 Å². The third-order valence-electron chi connectivity index (χ3n) is 2.35. The summed E-state index contributed by atoms with van der Waals surface area (Å²) in [5.74, 6) is 0. The Labute approximate surface area is 94.8 Å². The number of nitro benzene ring substituents is 1. The number of benzene rings is 1. The van der Waals surface area contributed by atoms with Gasteiger partial charge in [0, 0.05) is 17.8 Å². The van der Waals surface area contributed by atoms with Gasteiger partial charge < -0.3 is 4.98 Å². The van der Waals surface area contributed by atoms with Crippen LogP contribution in [0.1, 0.15) is 5.56 Å². The number of aromatic amines is 1. The zero-order chi connectivity index (χ0) is 11.9. The van der Waals surface area contributed by atoms with E-state index in [9.17, 15) is 14.9 Å². The molecular weight excluding hydrogens is 232 g/mol. The molecule has 0 fully saturated rings. The summed E-state index contributed by atoms with van der Waals surface area (Å²) >= 11 is 5.87. The Morgan fingerprint density at radius 3 is 2.75 bits per heavy atom. The van der Waals surface area contributed by atoms with Crippen molar-refractivity contribution in [3.8, 4) is 0 Å². The zero-order valence-corrected chi connectivity index (χ0v) is 9.04. The van der Waals surface area contributed by atoms with Gasteiger partial charge in [-0.3, -0.25) is 14.9 Å². The van der Waals surface area contributed by atoms with Gasteiger partial charge in [0.1, 0.15) is 5.52 Å². The fourth-order valence-electron chi connectivity index (χ4n) is 1.53. The van der Waals surface area contributed by atoms with Crippen LogP contribution in [0.3, 0.4) is 0 Å². The maximum Gasteiger partial charge on any atom is 0.293 e. The number of pyridine rings is 1. The lowest BCUT2D eigenvalue weighted by molar-refractivity contribution is -0.383. The van der Waals surface area contributed by atoms with Gasteiger partial charge in [0.2, 0.25) is 0 Å². The molecule has 1 heterocycles. The summed E-state index contributed by atoms with van der Waals surface area (Å²) in [7, 11) is 0. The summed E-state index contributed by atoms with van der Waals surface area (Å²) < 4.78 is 0. The quantitative estimate of drug-likeness (QED) is 0.612. The van der Waals surface area contributed by atoms with E-state index in [1.165, 1.54) is 18.3 Å². The number of halogens is 1. The normalized spacial score (nSPS) is 10.6. The first-order valence-electron chi connectivity index (χ1n) is 4.47.